The fraction of sp³-hybridized carbons (Fsp3) is 0.250. The summed E-state index contributed by atoms with van der Waals surface area (Å²) in [7, 11) is 0. The predicted molar refractivity (Wildman–Crippen MR) is 87.5 cm³/mol. The van der Waals surface area contributed by atoms with Crippen molar-refractivity contribution in [3.05, 3.63) is 48.2 Å². The summed E-state index contributed by atoms with van der Waals surface area (Å²) in [6.45, 7) is 4.39. The lowest BCUT2D eigenvalue weighted by Gasteiger charge is -2.26. The van der Waals surface area contributed by atoms with Crippen LogP contribution in [0.3, 0.4) is 0 Å². The highest BCUT2D eigenvalue weighted by molar-refractivity contribution is 5.90. The first kappa shape index (κ1) is 17.1. The summed E-state index contributed by atoms with van der Waals surface area (Å²) in [6.07, 6.45) is 1.44. The van der Waals surface area contributed by atoms with Crippen molar-refractivity contribution in [3.63, 3.8) is 0 Å². The molecule has 8 heteroatoms. The molecule has 0 saturated heterocycles. The summed E-state index contributed by atoms with van der Waals surface area (Å²) in [4.78, 5) is 20.0. The normalized spacial score (nSPS) is 10.1. The lowest BCUT2D eigenvalue weighted by atomic mass is 10.2. The first-order valence-electron chi connectivity index (χ1n) is 7.32. The minimum atomic E-state index is -0.613. The molecule has 0 radical (unpaired) electrons. The number of benzene rings is 1. The molecular formula is C16H17FN6O. The van der Waals surface area contributed by atoms with Gasteiger partial charge in [0.05, 0.1) is 5.69 Å². The highest BCUT2D eigenvalue weighted by atomic mass is 19.1. The molecule has 24 heavy (non-hydrogen) atoms. The molecule has 1 heterocycles. The molecule has 0 spiro atoms. The molecule has 7 nitrogen and oxygen atoms in total. The molecular weight excluding hydrogens is 311 g/mol. The van der Waals surface area contributed by atoms with E-state index < -0.39 is 11.8 Å². The molecule has 0 aliphatic rings. The molecule has 0 aliphatic heterocycles. The maximum atomic E-state index is 13.6. The number of nitrogens with one attached hydrogen (secondary N) is 2. The number of nitrogens with zero attached hydrogens (tertiary/aromatic N) is 4. The SMILES string of the molecule is CC(C)CN(NC(=O)Nc1ccccc1F)c1ccnc(C#N)n1. The fourth-order valence-corrected chi connectivity index (χ4v) is 1.95. The second kappa shape index (κ2) is 7.87. The third-order valence-corrected chi connectivity index (χ3v) is 2.92. The van der Waals surface area contributed by atoms with Gasteiger partial charge in [-0.25, -0.2) is 19.6 Å². The van der Waals surface area contributed by atoms with E-state index in [1.165, 1.54) is 29.4 Å². The van der Waals surface area contributed by atoms with E-state index in [1.54, 1.807) is 12.1 Å². The Kier molecular flexibility index (Phi) is 5.63. The fourth-order valence-electron chi connectivity index (χ4n) is 1.95. The van der Waals surface area contributed by atoms with Crippen LogP contribution in [0.5, 0.6) is 0 Å². The Morgan fingerprint density at radius 1 is 1.38 bits per heavy atom. The van der Waals surface area contributed by atoms with Crippen molar-refractivity contribution < 1.29 is 9.18 Å². The quantitative estimate of drug-likeness (QED) is 0.823. The van der Waals surface area contributed by atoms with Gasteiger partial charge >= 0.3 is 6.03 Å². The number of aromatic nitrogens is 2. The summed E-state index contributed by atoms with van der Waals surface area (Å²) in [5.41, 5.74) is 2.68. The average molecular weight is 328 g/mol. The van der Waals surface area contributed by atoms with Crippen molar-refractivity contribution in [1.29, 1.82) is 5.26 Å². The maximum Gasteiger partial charge on any atom is 0.338 e. The van der Waals surface area contributed by atoms with Crippen molar-refractivity contribution in [1.82, 2.24) is 15.4 Å². The van der Waals surface area contributed by atoms with E-state index in [2.05, 4.69) is 20.7 Å². The van der Waals surface area contributed by atoms with Crippen LogP contribution in [0.4, 0.5) is 20.7 Å². The smallest absolute Gasteiger partial charge is 0.304 e. The number of carbonyl (C=O) groups is 1. The Morgan fingerprint density at radius 3 is 2.79 bits per heavy atom. The van der Waals surface area contributed by atoms with E-state index in [9.17, 15) is 9.18 Å². The van der Waals surface area contributed by atoms with Crippen LogP contribution in [0.25, 0.3) is 0 Å². The summed E-state index contributed by atoms with van der Waals surface area (Å²) in [6, 6.07) is 8.68. The van der Waals surface area contributed by atoms with Crippen LogP contribution in [0.1, 0.15) is 19.7 Å². The largest absolute Gasteiger partial charge is 0.338 e. The number of amides is 2. The Morgan fingerprint density at radius 2 is 2.12 bits per heavy atom. The molecule has 2 aromatic rings. The average Bonchev–Trinajstić information content (AvgIpc) is 2.56. The van der Waals surface area contributed by atoms with E-state index in [0.717, 1.165) is 0 Å². The van der Waals surface area contributed by atoms with Crippen molar-refractivity contribution in [2.45, 2.75) is 13.8 Å². The van der Waals surface area contributed by atoms with Gasteiger partial charge in [-0.05, 0) is 18.1 Å². The van der Waals surface area contributed by atoms with E-state index in [1.807, 2.05) is 19.9 Å². The first-order chi connectivity index (χ1) is 11.5. The highest BCUT2D eigenvalue weighted by Crippen LogP contribution is 2.13. The molecule has 0 bridgehead atoms. The van der Waals surface area contributed by atoms with E-state index in [-0.39, 0.29) is 17.4 Å². The number of hydrazine groups is 1. The molecule has 1 aromatic heterocycles. The summed E-state index contributed by atoms with van der Waals surface area (Å²) >= 11 is 0. The second-order valence-corrected chi connectivity index (χ2v) is 5.40. The number of hydrogen-bond donors (Lipinski definition) is 2. The number of nitriles is 1. The number of rotatable bonds is 5. The van der Waals surface area contributed by atoms with E-state index in [4.69, 9.17) is 5.26 Å². The van der Waals surface area contributed by atoms with Crippen molar-refractivity contribution in [2.75, 3.05) is 16.9 Å². The van der Waals surface area contributed by atoms with Gasteiger partial charge in [-0.15, -0.1) is 0 Å². The van der Waals surface area contributed by atoms with Gasteiger partial charge in [0.1, 0.15) is 11.9 Å². The Hall–Kier alpha value is -3.21. The zero-order valence-corrected chi connectivity index (χ0v) is 13.3. The summed E-state index contributed by atoms with van der Waals surface area (Å²) < 4.78 is 13.6. The van der Waals surface area contributed by atoms with Gasteiger partial charge in [-0.1, -0.05) is 26.0 Å². The Bertz CT molecular complexity index is 758. The second-order valence-electron chi connectivity index (χ2n) is 5.40. The van der Waals surface area contributed by atoms with Gasteiger partial charge in [0, 0.05) is 18.8 Å². The van der Waals surface area contributed by atoms with Crippen LogP contribution in [0.15, 0.2) is 36.5 Å². The predicted octanol–water partition coefficient (Wildman–Crippen LogP) is 2.69. The van der Waals surface area contributed by atoms with Gasteiger partial charge in [0.25, 0.3) is 0 Å². The van der Waals surface area contributed by atoms with Crippen molar-refractivity contribution >= 4 is 17.5 Å². The van der Waals surface area contributed by atoms with Gasteiger partial charge < -0.3 is 5.32 Å². The molecule has 0 fully saturated rings. The minimum Gasteiger partial charge on any atom is -0.304 e. The lowest BCUT2D eigenvalue weighted by molar-refractivity contribution is 0.250. The van der Waals surface area contributed by atoms with Crippen LogP contribution in [-0.2, 0) is 0 Å². The van der Waals surface area contributed by atoms with Gasteiger partial charge in [0.15, 0.2) is 5.82 Å². The van der Waals surface area contributed by atoms with E-state index >= 15 is 0 Å². The van der Waals surface area contributed by atoms with Crippen LogP contribution in [0.2, 0.25) is 0 Å². The molecule has 2 amide bonds. The minimum absolute atomic E-state index is 0.00225. The van der Waals surface area contributed by atoms with Crippen LogP contribution in [0, 0.1) is 23.1 Å². The van der Waals surface area contributed by atoms with Crippen LogP contribution >= 0.6 is 0 Å². The van der Waals surface area contributed by atoms with Gasteiger partial charge in [-0.3, -0.25) is 5.01 Å². The number of anilines is 2. The molecule has 0 aliphatic carbocycles. The number of hydrogen-bond acceptors (Lipinski definition) is 5. The third-order valence-electron chi connectivity index (χ3n) is 2.92. The number of carbonyl (C=O) groups excluding carboxylic acids is 1. The zero-order chi connectivity index (χ0) is 17.5. The number of urea groups is 1. The molecule has 2 N–H and O–H groups in total. The first-order valence-corrected chi connectivity index (χ1v) is 7.32. The zero-order valence-electron chi connectivity index (χ0n) is 13.3. The molecule has 0 atom stereocenters. The molecule has 1 aromatic carbocycles. The Balaban J connectivity index is 2.15. The molecule has 0 unspecified atom stereocenters. The molecule has 124 valence electrons. The van der Waals surface area contributed by atoms with E-state index in [0.29, 0.717) is 12.4 Å². The van der Waals surface area contributed by atoms with Crippen molar-refractivity contribution in [3.8, 4) is 6.07 Å². The van der Waals surface area contributed by atoms with Crippen molar-refractivity contribution in [2.24, 2.45) is 5.92 Å². The monoisotopic (exact) mass is 328 g/mol. The summed E-state index contributed by atoms with van der Waals surface area (Å²) in [5, 5.41) is 12.8. The van der Waals surface area contributed by atoms with Gasteiger partial charge in [0.2, 0.25) is 5.82 Å². The molecule has 2 rings (SSSR count). The standard InChI is InChI=1S/C16H17FN6O/c1-11(2)10-23(15-7-8-19-14(9-18)21-15)22-16(24)20-13-6-4-3-5-12(13)17/h3-8,11H,10H2,1-2H3,(H2,20,22,24). The van der Waals surface area contributed by atoms with Gasteiger partial charge in [-0.2, -0.15) is 10.2 Å². The van der Waals surface area contributed by atoms with Crippen LogP contribution < -0.4 is 15.8 Å². The lowest BCUT2D eigenvalue weighted by Crippen LogP contribution is -2.47. The molecule has 0 saturated carbocycles. The third kappa shape index (κ3) is 4.64. The topological polar surface area (TPSA) is 93.9 Å². The highest BCUT2D eigenvalue weighted by Gasteiger charge is 2.15. The summed E-state index contributed by atoms with van der Waals surface area (Å²) in [5.74, 6) is 0.0487. The Labute approximate surface area is 139 Å². The maximum absolute atomic E-state index is 13.6. The number of para-hydroxylation sites is 1. The number of halogens is 1. The van der Waals surface area contributed by atoms with Crippen LogP contribution in [-0.4, -0.2) is 22.5 Å².